The number of hydrogen-bond donors (Lipinski definition) is 2. The third-order valence-corrected chi connectivity index (χ3v) is 4.44. The van der Waals surface area contributed by atoms with Crippen LogP contribution in [0.3, 0.4) is 0 Å². The van der Waals surface area contributed by atoms with E-state index < -0.39 is 0 Å². The molecule has 0 saturated heterocycles. The Morgan fingerprint density at radius 2 is 1.76 bits per heavy atom. The van der Waals surface area contributed by atoms with Crippen LogP contribution in [0.15, 0.2) is 84.9 Å². The fraction of sp³-hybridized carbons (Fsp3) is 0.0435. The lowest BCUT2D eigenvalue weighted by Gasteiger charge is -2.11. The summed E-state index contributed by atoms with van der Waals surface area (Å²) in [5, 5.41) is 6.35. The van der Waals surface area contributed by atoms with Gasteiger partial charge in [0.15, 0.2) is 5.11 Å². The molecule has 0 fully saturated rings. The third-order valence-electron chi connectivity index (χ3n) is 3.90. The van der Waals surface area contributed by atoms with Crippen LogP contribution in [0.1, 0.15) is 11.1 Å². The molecule has 0 bridgehead atoms. The van der Waals surface area contributed by atoms with Gasteiger partial charge in [-0.05, 0) is 47.6 Å². The van der Waals surface area contributed by atoms with Crippen molar-refractivity contribution in [3.8, 4) is 5.75 Å². The van der Waals surface area contributed by atoms with Gasteiger partial charge in [0, 0.05) is 22.9 Å². The summed E-state index contributed by atoms with van der Waals surface area (Å²) >= 11 is 11.3. The van der Waals surface area contributed by atoms with Crippen LogP contribution in [-0.2, 0) is 11.4 Å². The summed E-state index contributed by atoms with van der Waals surface area (Å²) in [5.74, 6) is 0.352. The van der Waals surface area contributed by atoms with Gasteiger partial charge in [-0.3, -0.25) is 10.1 Å². The van der Waals surface area contributed by atoms with Crippen molar-refractivity contribution in [3.63, 3.8) is 0 Å². The normalized spacial score (nSPS) is 10.5. The first-order chi connectivity index (χ1) is 14.1. The summed E-state index contributed by atoms with van der Waals surface area (Å²) in [6, 6.07) is 24.6. The molecule has 0 spiro atoms. The van der Waals surface area contributed by atoms with E-state index >= 15 is 0 Å². The fourth-order valence-corrected chi connectivity index (χ4v) is 2.91. The van der Waals surface area contributed by atoms with Crippen molar-refractivity contribution in [2.45, 2.75) is 6.61 Å². The molecule has 0 aliphatic heterocycles. The lowest BCUT2D eigenvalue weighted by Crippen LogP contribution is -2.32. The van der Waals surface area contributed by atoms with Gasteiger partial charge in [0.25, 0.3) is 0 Å². The average Bonchev–Trinajstić information content (AvgIpc) is 2.72. The van der Waals surface area contributed by atoms with Crippen molar-refractivity contribution in [1.29, 1.82) is 0 Å². The van der Waals surface area contributed by atoms with Crippen LogP contribution in [-0.4, -0.2) is 11.0 Å². The van der Waals surface area contributed by atoms with Gasteiger partial charge in [-0.15, -0.1) is 0 Å². The highest BCUT2D eigenvalue weighted by Gasteiger charge is 2.04. The molecule has 0 aliphatic carbocycles. The minimum Gasteiger partial charge on any atom is -0.489 e. The Morgan fingerprint density at radius 1 is 1.00 bits per heavy atom. The maximum absolute atomic E-state index is 12.1. The van der Waals surface area contributed by atoms with Crippen LogP contribution in [0.2, 0.25) is 5.02 Å². The predicted octanol–water partition coefficient (Wildman–Crippen LogP) is 5.45. The first-order valence-electron chi connectivity index (χ1n) is 8.91. The Balaban J connectivity index is 1.52. The molecule has 3 rings (SSSR count). The van der Waals surface area contributed by atoms with E-state index in [4.69, 9.17) is 28.6 Å². The van der Waals surface area contributed by atoms with Crippen LogP contribution in [0.25, 0.3) is 6.08 Å². The van der Waals surface area contributed by atoms with E-state index in [9.17, 15) is 4.79 Å². The number of nitrogens with one attached hydrogen (secondary N) is 2. The minimum absolute atomic E-state index is 0.194. The fourth-order valence-electron chi connectivity index (χ4n) is 2.50. The summed E-state index contributed by atoms with van der Waals surface area (Å²) in [5.41, 5.74) is 2.56. The van der Waals surface area contributed by atoms with E-state index in [0.29, 0.717) is 17.4 Å². The predicted molar refractivity (Wildman–Crippen MR) is 122 cm³/mol. The van der Waals surface area contributed by atoms with Crippen LogP contribution in [0, 0.1) is 0 Å². The third kappa shape index (κ3) is 6.75. The number of halogens is 1. The van der Waals surface area contributed by atoms with E-state index in [1.54, 1.807) is 12.1 Å². The van der Waals surface area contributed by atoms with E-state index in [2.05, 4.69) is 10.6 Å². The maximum atomic E-state index is 12.1. The number of amides is 1. The zero-order chi connectivity index (χ0) is 20.5. The lowest BCUT2D eigenvalue weighted by molar-refractivity contribution is -0.115. The quantitative estimate of drug-likeness (QED) is 0.410. The number of ether oxygens (including phenoxy) is 1. The molecule has 3 aromatic rings. The van der Waals surface area contributed by atoms with E-state index in [1.807, 2.05) is 72.8 Å². The summed E-state index contributed by atoms with van der Waals surface area (Å²) in [4.78, 5) is 12.1. The second kappa shape index (κ2) is 10.4. The molecule has 6 heteroatoms. The number of anilines is 1. The first-order valence-corrected chi connectivity index (χ1v) is 9.70. The summed E-state index contributed by atoms with van der Waals surface area (Å²) in [7, 11) is 0. The molecule has 0 unspecified atom stereocenters. The second-order valence-corrected chi connectivity index (χ2v) is 6.92. The lowest BCUT2D eigenvalue weighted by atomic mass is 10.2. The Labute approximate surface area is 180 Å². The molecular formula is C23H19ClN2O2S. The number of carbonyl (C=O) groups is 1. The zero-order valence-electron chi connectivity index (χ0n) is 15.5. The summed E-state index contributed by atoms with van der Waals surface area (Å²) < 4.78 is 5.80. The van der Waals surface area contributed by atoms with Gasteiger partial charge in [-0.2, -0.15) is 0 Å². The Morgan fingerprint density at radius 3 is 2.55 bits per heavy atom. The monoisotopic (exact) mass is 422 g/mol. The summed E-state index contributed by atoms with van der Waals surface area (Å²) in [6.07, 6.45) is 3.02. The van der Waals surface area contributed by atoms with Crippen molar-refractivity contribution >= 4 is 46.6 Å². The molecule has 4 nitrogen and oxygen atoms in total. The number of hydrogen-bond acceptors (Lipinski definition) is 3. The van der Waals surface area contributed by atoms with E-state index in [1.165, 1.54) is 6.08 Å². The first kappa shape index (κ1) is 20.6. The van der Waals surface area contributed by atoms with Crippen molar-refractivity contribution in [1.82, 2.24) is 5.32 Å². The highest BCUT2D eigenvalue weighted by Crippen LogP contribution is 2.19. The van der Waals surface area contributed by atoms with Gasteiger partial charge in [0.1, 0.15) is 12.4 Å². The van der Waals surface area contributed by atoms with Crippen molar-refractivity contribution in [2.24, 2.45) is 0 Å². The minimum atomic E-state index is -0.348. The van der Waals surface area contributed by atoms with Gasteiger partial charge in [-0.25, -0.2) is 0 Å². The van der Waals surface area contributed by atoms with E-state index in [-0.39, 0.29) is 11.0 Å². The molecule has 0 aliphatic rings. The smallest absolute Gasteiger partial charge is 0.250 e. The molecule has 146 valence electrons. The molecule has 0 atom stereocenters. The van der Waals surface area contributed by atoms with Gasteiger partial charge >= 0.3 is 0 Å². The average molecular weight is 423 g/mol. The highest BCUT2D eigenvalue weighted by molar-refractivity contribution is 7.80. The SMILES string of the molecule is O=C(/C=C/c1ccccc1Cl)NC(=S)Nc1cccc(OCc2ccccc2)c1. The van der Waals surface area contributed by atoms with Crippen LogP contribution >= 0.6 is 23.8 Å². The molecule has 29 heavy (non-hydrogen) atoms. The van der Waals surface area contributed by atoms with Gasteiger partial charge in [0.05, 0.1) is 0 Å². The maximum Gasteiger partial charge on any atom is 0.250 e. The van der Waals surface area contributed by atoms with Gasteiger partial charge in [-0.1, -0.05) is 66.2 Å². The van der Waals surface area contributed by atoms with Crippen LogP contribution < -0.4 is 15.4 Å². The van der Waals surface area contributed by atoms with Crippen molar-refractivity contribution in [3.05, 3.63) is 101 Å². The largest absolute Gasteiger partial charge is 0.489 e. The molecule has 0 radical (unpaired) electrons. The molecule has 0 heterocycles. The Hall–Kier alpha value is -3.15. The second-order valence-electron chi connectivity index (χ2n) is 6.10. The molecule has 2 N–H and O–H groups in total. The standard InChI is InChI=1S/C23H19ClN2O2S/c24-21-12-5-4-9-18(21)13-14-22(27)26-23(29)25-19-10-6-11-20(15-19)28-16-17-7-2-1-3-8-17/h1-15H,16H2,(H2,25,26,27,29)/b14-13+. The van der Waals surface area contributed by atoms with Crippen molar-refractivity contribution < 1.29 is 9.53 Å². The van der Waals surface area contributed by atoms with Crippen LogP contribution in [0.5, 0.6) is 5.75 Å². The number of rotatable bonds is 6. The molecule has 0 saturated carbocycles. The topological polar surface area (TPSA) is 50.4 Å². The van der Waals surface area contributed by atoms with Crippen molar-refractivity contribution in [2.75, 3.05) is 5.32 Å². The summed E-state index contributed by atoms with van der Waals surface area (Å²) in [6.45, 7) is 0.471. The highest BCUT2D eigenvalue weighted by atomic mass is 35.5. The van der Waals surface area contributed by atoms with Gasteiger partial charge in [0.2, 0.25) is 5.91 Å². The number of thiocarbonyl (C=S) groups is 1. The Bertz CT molecular complexity index is 1020. The zero-order valence-corrected chi connectivity index (χ0v) is 17.0. The number of carbonyl (C=O) groups excluding carboxylic acids is 1. The van der Waals surface area contributed by atoms with Gasteiger partial charge < -0.3 is 10.1 Å². The van der Waals surface area contributed by atoms with Crippen LogP contribution in [0.4, 0.5) is 5.69 Å². The molecule has 3 aromatic carbocycles. The molecule has 0 aromatic heterocycles. The molecular weight excluding hydrogens is 404 g/mol. The number of benzene rings is 3. The molecule has 1 amide bonds. The van der Waals surface area contributed by atoms with E-state index in [0.717, 1.165) is 16.8 Å². The Kier molecular flexibility index (Phi) is 7.39.